The van der Waals surface area contributed by atoms with Gasteiger partial charge in [-0.15, -0.1) is 0 Å². The van der Waals surface area contributed by atoms with Crippen molar-refractivity contribution in [1.82, 2.24) is 4.98 Å². The van der Waals surface area contributed by atoms with Crippen molar-refractivity contribution in [3.05, 3.63) is 40.5 Å². The molecule has 62 valence electrons. The first-order valence-corrected chi connectivity index (χ1v) is 4.55. The first kappa shape index (κ1) is 8.21. The van der Waals surface area contributed by atoms with Crippen molar-refractivity contribution >= 4 is 26.8 Å². The Morgan fingerprint density at radius 3 is 2.92 bits per heavy atom. The summed E-state index contributed by atoms with van der Waals surface area (Å²) in [6.07, 6.45) is 1.65. The minimum atomic E-state index is 0.659. The van der Waals surface area contributed by atoms with Crippen molar-refractivity contribution in [3.63, 3.8) is 0 Å². The molecule has 2 nitrogen and oxygen atoms in total. The van der Waals surface area contributed by atoms with Crippen LogP contribution in [0.5, 0.6) is 0 Å². The molecule has 0 spiro atoms. The molecule has 0 saturated carbocycles. The number of nitrogens with zero attached hydrogens (tertiary/aromatic N) is 2. The van der Waals surface area contributed by atoms with Crippen LogP contribution in [-0.4, -0.2) is 4.98 Å². The van der Waals surface area contributed by atoms with Gasteiger partial charge in [0.2, 0.25) is 0 Å². The molecule has 13 heavy (non-hydrogen) atoms. The van der Waals surface area contributed by atoms with Gasteiger partial charge in [0, 0.05) is 16.1 Å². The van der Waals surface area contributed by atoms with Gasteiger partial charge in [-0.1, -0.05) is 15.9 Å². The zero-order chi connectivity index (χ0) is 9.26. The lowest BCUT2D eigenvalue weighted by Gasteiger charge is -1.98. The molecule has 2 rings (SSSR count). The number of hydrogen-bond acceptors (Lipinski definition) is 2. The topological polar surface area (TPSA) is 36.7 Å². The van der Waals surface area contributed by atoms with Crippen LogP contribution in [0.4, 0.5) is 0 Å². The van der Waals surface area contributed by atoms with Gasteiger partial charge < -0.3 is 0 Å². The highest BCUT2D eigenvalue weighted by atomic mass is 79.9. The van der Waals surface area contributed by atoms with Crippen LogP contribution in [0.2, 0.25) is 0 Å². The summed E-state index contributed by atoms with van der Waals surface area (Å²) >= 11 is 3.36. The minimum absolute atomic E-state index is 0.659. The van der Waals surface area contributed by atoms with Crippen molar-refractivity contribution in [2.24, 2.45) is 0 Å². The molecule has 0 unspecified atom stereocenters. The maximum absolute atomic E-state index is 8.83. The highest BCUT2D eigenvalue weighted by Gasteiger charge is 2.00. The molecule has 1 aromatic heterocycles. The van der Waals surface area contributed by atoms with Crippen LogP contribution >= 0.6 is 15.9 Å². The Kier molecular flexibility index (Phi) is 1.99. The molecule has 0 aliphatic rings. The Balaban J connectivity index is 2.89. The van der Waals surface area contributed by atoms with E-state index in [2.05, 4.69) is 27.0 Å². The molecule has 0 amide bonds. The number of nitriles is 1. The van der Waals surface area contributed by atoms with Gasteiger partial charge in [-0.2, -0.15) is 5.26 Å². The molecule has 0 fully saturated rings. The largest absolute Gasteiger partial charge is 0.256 e. The molecule has 3 heteroatoms. The van der Waals surface area contributed by atoms with E-state index in [1.807, 2.05) is 18.2 Å². The third kappa shape index (κ3) is 1.41. The minimum Gasteiger partial charge on any atom is -0.256 e. The highest BCUT2D eigenvalue weighted by Crippen LogP contribution is 2.20. The Bertz CT molecular complexity index is 500. The third-order valence-corrected chi connectivity index (χ3v) is 2.32. The second-order valence-corrected chi connectivity index (χ2v) is 3.55. The number of aromatic nitrogens is 1. The summed E-state index contributed by atoms with van der Waals surface area (Å²) < 4.78 is 0.963. The molecule has 0 saturated heterocycles. The predicted octanol–water partition coefficient (Wildman–Crippen LogP) is 2.87. The fraction of sp³-hybridized carbons (Fsp3) is 0. The summed E-state index contributed by atoms with van der Waals surface area (Å²) in [5, 5.41) is 9.72. The van der Waals surface area contributed by atoms with Crippen LogP contribution in [-0.2, 0) is 0 Å². The van der Waals surface area contributed by atoms with E-state index in [1.165, 1.54) is 0 Å². The van der Waals surface area contributed by atoms with Gasteiger partial charge in [0.15, 0.2) is 0 Å². The van der Waals surface area contributed by atoms with Crippen molar-refractivity contribution in [1.29, 1.82) is 5.26 Å². The summed E-state index contributed by atoms with van der Waals surface area (Å²) in [5.41, 5.74) is 1.51. The Hall–Kier alpha value is -1.40. The lowest BCUT2D eigenvalue weighted by molar-refractivity contribution is 1.39. The van der Waals surface area contributed by atoms with Crippen LogP contribution < -0.4 is 0 Å². The molecule has 0 radical (unpaired) electrons. The first-order valence-electron chi connectivity index (χ1n) is 3.75. The normalized spacial score (nSPS) is 9.85. The molecular formula is C10H5BrN2. The van der Waals surface area contributed by atoms with E-state index in [4.69, 9.17) is 5.26 Å². The maximum Gasteiger partial charge on any atom is 0.0999 e. The maximum atomic E-state index is 8.83. The lowest BCUT2D eigenvalue weighted by Crippen LogP contribution is -1.82. The number of pyridine rings is 1. The molecule has 0 aliphatic carbocycles. The van der Waals surface area contributed by atoms with E-state index >= 15 is 0 Å². The predicted molar refractivity (Wildman–Crippen MR) is 54.2 cm³/mol. The number of hydrogen-bond donors (Lipinski definition) is 0. The van der Waals surface area contributed by atoms with Gasteiger partial charge in [0.05, 0.1) is 17.1 Å². The molecule has 0 bridgehead atoms. The Labute approximate surface area is 84.0 Å². The van der Waals surface area contributed by atoms with E-state index < -0.39 is 0 Å². The van der Waals surface area contributed by atoms with Crippen LogP contribution in [0, 0.1) is 11.3 Å². The van der Waals surface area contributed by atoms with Crippen LogP contribution in [0.15, 0.2) is 34.9 Å². The summed E-state index contributed by atoms with van der Waals surface area (Å²) in [6, 6.07) is 9.56. The molecule has 0 aliphatic heterocycles. The van der Waals surface area contributed by atoms with Crippen molar-refractivity contribution in [3.8, 4) is 6.07 Å². The van der Waals surface area contributed by atoms with E-state index in [9.17, 15) is 0 Å². The second-order valence-electron chi connectivity index (χ2n) is 2.63. The second kappa shape index (κ2) is 3.15. The standard InChI is InChI=1S/C10H5BrN2/c11-8-1-2-10-9(5-8)7(6-12)3-4-13-10/h1-5H. The fourth-order valence-corrected chi connectivity index (χ4v) is 1.58. The molecule has 0 N–H and O–H groups in total. The SMILES string of the molecule is N#Cc1ccnc2ccc(Br)cc12. The molecule has 1 aromatic carbocycles. The third-order valence-electron chi connectivity index (χ3n) is 1.82. The van der Waals surface area contributed by atoms with Crippen molar-refractivity contribution in [2.75, 3.05) is 0 Å². The number of fused-ring (bicyclic) bond motifs is 1. The first-order chi connectivity index (χ1) is 6.31. The average Bonchev–Trinajstić information content (AvgIpc) is 2.17. The zero-order valence-electron chi connectivity index (χ0n) is 6.66. The molecular weight excluding hydrogens is 228 g/mol. The van der Waals surface area contributed by atoms with Gasteiger partial charge in [0.25, 0.3) is 0 Å². The van der Waals surface area contributed by atoms with Gasteiger partial charge >= 0.3 is 0 Å². The number of rotatable bonds is 0. The zero-order valence-corrected chi connectivity index (χ0v) is 8.25. The number of benzene rings is 1. The number of halogens is 1. The fourth-order valence-electron chi connectivity index (χ4n) is 1.22. The monoisotopic (exact) mass is 232 g/mol. The quantitative estimate of drug-likeness (QED) is 0.701. The smallest absolute Gasteiger partial charge is 0.0999 e. The lowest BCUT2D eigenvalue weighted by atomic mass is 10.1. The van der Waals surface area contributed by atoms with Crippen LogP contribution in [0.1, 0.15) is 5.56 Å². The molecule has 0 atom stereocenters. The van der Waals surface area contributed by atoms with E-state index in [0.717, 1.165) is 15.4 Å². The summed E-state index contributed by atoms with van der Waals surface area (Å²) in [5.74, 6) is 0. The van der Waals surface area contributed by atoms with Crippen LogP contribution in [0.3, 0.4) is 0 Å². The van der Waals surface area contributed by atoms with E-state index in [-0.39, 0.29) is 0 Å². The van der Waals surface area contributed by atoms with Gasteiger partial charge in [-0.05, 0) is 24.3 Å². The van der Waals surface area contributed by atoms with E-state index in [0.29, 0.717) is 5.56 Å². The van der Waals surface area contributed by atoms with Gasteiger partial charge in [0.1, 0.15) is 0 Å². The van der Waals surface area contributed by atoms with Crippen molar-refractivity contribution < 1.29 is 0 Å². The molecule has 2 aromatic rings. The molecule has 1 heterocycles. The average molecular weight is 233 g/mol. The van der Waals surface area contributed by atoms with E-state index in [1.54, 1.807) is 12.3 Å². The Morgan fingerprint density at radius 1 is 1.31 bits per heavy atom. The summed E-state index contributed by atoms with van der Waals surface area (Å²) in [4.78, 5) is 4.16. The summed E-state index contributed by atoms with van der Waals surface area (Å²) in [7, 11) is 0. The van der Waals surface area contributed by atoms with Gasteiger partial charge in [-0.25, -0.2) is 0 Å². The Morgan fingerprint density at radius 2 is 2.15 bits per heavy atom. The summed E-state index contributed by atoms with van der Waals surface area (Å²) in [6.45, 7) is 0. The van der Waals surface area contributed by atoms with Crippen LogP contribution in [0.25, 0.3) is 10.9 Å². The van der Waals surface area contributed by atoms with Gasteiger partial charge in [-0.3, -0.25) is 4.98 Å². The highest BCUT2D eigenvalue weighted by molar-refractivity contribution is 9.10. The van der Waals surface area contributed by atoms with Crippen molar-refractivity contribution in [2.45, 2.75) is 0 Å².